The third-order valence-corrected chi connectivity index (χ3v) is 4.31. The lowest BCUT2D eigenvalue weighted by molar-refractivity contribution is -0.154. The second kappa shape index (κ2) is 6.61. The van der Waals surface area contributed by atoms with Gasteiger partial charge in [-0.25, -0.2) is 9.98 Å². The Morgan fingerprint density at radius 1 is 1.39 bits per heavy atom. The van der Waals surface area contributed by atoms with Crippen LogP contribution in [0.3, 0.4) is 0 Å². The van der Waals surface area contributed by atoms with Crippen LogP contribution in [0.1, 0.15) is 23.5 Å². The number of rotatable bonds is 2. The molecule has 0 radical (unpaired) electrons. The van der Waals surface area contributed by atoms with Crippen LogP contribution in [0.15, 0.2) is 51.1 Å². The van der Waals surface area contributed by atoms with Crippen LogP contribution in [0.5, 0.6) is 0 Å². The molecule has 1 amide bonds. The monoisotopic (exact) mass is 388 g/mol. The highest BCUT2D eigenvalue weighted by atomic mass is 19.4. The number of carbonyl (C=O) groups is 1. The molecule has 2 aliphatic heterocycles. The summed E-state index contributed by atoms with van der Waals surface area (Å²) in [7, 11) is 0. The Morgan fingerprint density at radius 3 is 3.00 bits per heavy atom. The Hall–Kier alpha value is -3.45. The van der Waals surface area contributed by atoms with E-state index in [1.807, 2.05) is 12.2 Å². The number of allylic oxidation sites excluding steroid dienone is 4. The summed E-state index contributed by atoms with van der Waals surface area (Å²) in [4.78, 5) is 16.1. The smallest absolute Gasteiger partial charge is 0.449 e. The molecule has 0 bridgehead atoms. The lowest BCUT2D eigenvalue weighted by Gasteiger charge is -2.12. The molecule has 2 N–H and O–H groups in total. The van der Waals surface area contributed by atoms with Crippen molar-refractivity contribution < 1.29 is 22.4 Å². The average molecular weight is 388 g/mol. The van der Waals surface area contributed by atoms with Crippen LogP contribution < -0.4 is 15.3 Å². The number of alkyl halides is 3. The highest BCUT2D eigenvalue weighted by Gasteiger charge is 2.40. The predicted octanol–water partition coefficient (Wildman–Crippen LogP) is 2.12. The Morgan fingerprint density at radius 2 is 2.21 bits per heavy atom. The zero-order chi connectivity index (χ0) is 19.9. The first-order valence-electron chi connectivity index (χ1n) is 8.47. The first-order valence-corrected chi connectivity index (χ1v) is 8.47. The molecular formula is C19H15F3N4O2+2. The van der Waals surface area contributed by atoms with Crippen LogP contribution in [0.25, 0.3) is 0 Å². The van der Waals surface area contributed by atoms with E-state index in [4.69, 9.17) is 4.42 Å². The number of aryl methyl sites for hydroxylation is 1. The van der Waals surface area contributed by atoms with Crippen molar-refractivity contribution >= 4 is 23.8 Å². The molecule has 4 rings (SSSR count). The van der Waals surface area contributed by atoms with Crippen molar-refractivity contribution in [3.8, 4) is 0 Å². The number of carbonyl (C=O) groups excluding carboxylic acids is 1. The van der Waals surface area contributed by atoms with Gasteiger partial charge in [-0.05, 0) is 13.0 Å². The molecule has 6 nitrogen and oxygen atoms in total. The minimum absolute atomic E-state index is 0.0132. The van der Waals surface area contributed by atoms with Gasteiger partial charge in [-0.15, -0.1) is 0 Å². The number of fused-ring (bicyclic) bond motifs is 2. The summed E-state index contributed by atoms with van der Waals surface area (Å²) in [6.07, 6.45) is 4.18. The third-order valence-electron chi connectivity index (χ3n) is 4.31. The van der Waals surface area contributed by atoms with Crippen LogP contribution in [0.2, 0.25) is 0 Å². The number of hydrogen-bond acceptors (Lipinski definition) is 4. The van der Waals surface area contributed by atoms with Crippen LogP contribution in [0.4, 0.5) is 13.2 Å². The van der Waals surface area contributed by atoms with E-state index in [1.54, 1.807) is 12.2 Å². The second-order valence-corrected chi connectivity index (χ2v) is 6.39. The topological polar surface area (TPSA) is 80.7 Å². The molecule has 9 heteroatoms. The van der Waals surface area contributed by atoms with Crippen molar-refractivity contribution in [1.29, 1.82) is 0 Å². The van der Waals surface area contributed by atoms with E-state index in [0.29, 0.717) is 17.0 Å². The van der Waals surface area contributed by atoms with E-state index in [-0.39, 0.29) is 36.2 Å². The van der Waals surface area contributed by atoms with E-state index in [2.05, 4.69) is 20.3 Å². The quantitative estimate of drug-likeness (QED) is 0.601. The lowest BCUT2D eigenvalue weighted by atomic mass is 9.92. The summed E-state index contributed by atoms with van der Waals surface area (Å²) in [5, 5.41) is 5.93. The SMILES string of the molecule is Cc1cc(CNC2=[N+]=CC3=C(N2)[C+]2C=CC=CC2=NC(=O)C3)c(C(F)(F)F)o1. The minimum atomic E-state index is -4.57. The maximum absolute atomic E-state index is 13.1. The van der Waals surface area contributed by atoms with Gasteiger partial charge in [0.2, 0.25) is 17.7 Å². The zero-order valence-corrected chi connectivity index (χ0v) is 14.7. The highest BCUT2D eigenvalue weighted by Crippen LogP contribution is 2.34. The van der Waals surface area contributed by atoms with Crippen molar-refractivity contribution in [3.63, 3.8) is 0 Å². The molecule has 28 heavy (non-hydrogen) atoms. The molecule has 1 aliphatic carbocycles. The van der Waals surface area contributed by atoms with Gasteiger partial charge in [-0.3, -0.25) is 10.1 Å². The third kappa shape index (κ3) is 3.39. The average Bonchev–Trinajstić information content (AvgIpc) is 2.95. The summed E-state index contributed by atoms with van der Waals surface area (Å²) in [5.74, 6) is -0.135. The number of nitrogens with zero attached hydrogens (tertiary/aromatic N) is 2. The summed E-state index contributed by atoms with van der Waals surface area (Å²) in [6, 6.07) is 1.34. The molecule has 1 aromatic heterocycles. The highest BCUT2D eigenvalue weighted by molar-refractivity contribution is 6.18. The molecule has 3 aliphatic rings. The fourth-order valence-corrected chi connectivity index (χ4v) is 3.14. The normalized spacial score (nSPS) is 18.3. The number of furan rings is 1. The van der Waals surface area contributed by atoms with E-state index >= 15 is 0 Å². The van der Waals surface area contributed by atoms with Crippen LogP contribution in [-0.4, -0.2) is 23.8 Å². The maximum atomic E-state index is 13.1. The van der Waals surface area contributed by atoms with Crippen molar-refractivity contribution in [3.05, 3.63) is 64.6 Å². The van der Waals surface area contributed by atoms with Gasteiger partial charge in [0.15, 0.2) is 5.71 Å². The lowest BCUT2D eigenvalue weighted by Crippen LogP contribution is -2.43. The maximum Gasteiger partial charge on any atom is 0.449 e. The van der Waals surface area contributed by atoms with Gasteiger partial charge in [-0.1, -0.05) is 0 Å². The van der Waals surface area contributed by atoms with Gasteiger partial charge < -0.3 is 4.42 Å². The van der Waals surface area contributed by atoms with E-state index in [1.165, 1.54) is 19.2 Å². The van der Waals surface area contributed by atoms with Gasteiger partial charge >= 0.3 is 12.1 Å². The fourth-order valence-electron chi connectivity index (χ4n) is 3.14. The molecule has 0 fully saturated rings. The van der Waals surface area contributed by atoms with Crippen molar-refractivity contribution in [2.45, 2.75) is 26.1 Å². The van der Waals surface area contributed by atoms with E-state index in [0.717, 1.165) is 5.92 Å². The molecular weight excluding hydrogens is 373 g/mol. The molecule has 0 spiro atoms. The van der Waals surface area contributed by atoms with Crippen molar-refractivity contribution in [1.82, 2.24) is 15.3 Å². The number of aliphatic imine (C=N–C) groups is 1. The van der Waals surface area contributed by atoms with Gasteiger partial charge in [0.25, 0.3) is 5.91 Å². The van der Waals surface area contributed by atoms with E-state index < -0.39 is 11.9 Å². The minimum Gasteiger partial charge on any atom is -0.456 e. The molecule has 0 unspecified atom stereocenters. The predicted molar refractivity (Wildman–Crippen MR) is 97.2 cm³/mol. The first kappa shape index (κ1) is 17.9. The first-order chi connectivity index (χ1) is 13.3. The Labute approximate surface area is 158 Å². The fraction of sp³-hybridized carbons (Fsp3) is 0.211. The Balaban J connectivity index is 1.55. The Kier molecular flexibility index (Phi) is 4.24. The number of amides is 1. The molecule has 0 saturated heterocycles. The van der Waals surface area contributed by atoms with Gasteiger partial charge in [-0.2, -0.15) is 18.2 Å². The molecule has 3 heterocycles. The van der Waals surface area contributed by atoms with Crippen molar-refractivity contribution in [2.75, 3.05) is 0 Å². The number of halogens is 3. The number of guanidine groups is 1. The van der Waals surface area contributed by atoms with Crippen molar-refractivity contribution in [2.24, 2.45) is 4.99 Å². The second-order valence-electron chi connectivity index (χ2n) is 6.39. The summed E-state index contributed by atoms with van der Waals surface area (Å²) < 4.78 is 48.2. The number of nitrogens with one attached hydrogen (secondary N) is 2. The van der Waals surface area contributed by atoms with Crippen LogP contribution >= 0.6 is 0 Å². The van der Waals surface area contributed by atoms with Gasteiger partial charge in [0.1, 0.15) is 17.3 Å². The molecule has 0 saturated carbocycles. The van der Waals surface area contributed by atoms with Gasteiger partial charge in [0, 0.05) is 29.9 Å². The standard InChI is InChI=1S/C19H14F3N4O2/c1-10-6-12(17(28-10)19(20,21)22)9-24-18-23-8-11-7-15(27)25-14-5-3-2-4-13(14)16(11)26-18/h2-6,8H,7,9H2,1H3,(H,23,24,26)/q+1/p+1. The Bertz CT molecular complexity index is 1030. The summed E-state index contributed by atoms with van der Waals surface area (Å²) >= 11 is 0. The zero-order valence-electron chi connectivity index (χ0n) is 14.7. The molecule has 0 atom stereocenters. The molecule has 1 aromatic rings. The van der Waals surface area contributed by atoms with Gasteiger partial charge in [0.05, 0.1) is 13.0 Å². The summed E-state index contributed by atoms with van der Waals surface area (Å²) in [5.41, 5.74) is 1.84. The molecule has 142 valence electrons. The summed E-state index contributed by atoms with van der Waals surface area (Å²) in [6.45, 7) is 1.34. The molecule has 0 aromatic carbocycles. The number of hydrogen-bond donors (Lipinski definition) is 2. The van der Waals surface area contributed by atoms with Crippen LogP contribution in [-0.2, 0) is 17.5 Å². The van der Waals surface area contributed by atoms with E-state index in [9.17, 15) is 18.0 Å². The van der Waals surface area contributed by atoms with Crippen LogP contribution in [0, 0.1) is 12.8 Å². The largest absolute Gasteiger partial charge is 0.456 e.